The lowest BCUT2D eigenvalue weighted by Crippen LogP contribution is -2.43. The minimum Gasteiger partial charge on any atom is -0.598 e. The van der Waals surface area contributed by atoms with Crippen molar-refractivity contribution in [1.82, 2.24) is 4.72 Å². The first kappa shape index (κ1) is 16.9. The molecule has 0 saturated carbocycles. The van der Waals surface area contributed by atoms with Crippen LogP contribution in [0.2, 0.25) is 0 Å². The van der Waals surface area contributed by atoms with Crippen molar-refractivity contribution in [2.45, 2.75) is 50.5 Å². The number of carbonyl (C=O) groups excluding carboxylic acids is 1. The molecule has 17 heavy (non-hydrogen) atoms. The molecule has 0 aromatic rings. The monoisotopic (exact) mass is 264 g/mol. The van der Waals surface area contributed by atoms with Crippen LogP contribution in [0.25, 0.3) is 0 Å². The van der Waals surface area contributed by atoms with E-state index < -0.39 is 17.4 Å². The van der Waals surface area contributed by atoms with Gasteiger partial charge in [-0.2, -0.15) is 0 Å². The summed E-state index contributed by atoms with van der Waals surface area (Å²) in [6.07, 6.45) is 1.90. The molecule has 0 amide bonds. The van der Waals surface area contributed by atoms with Gasteiger partial charge in [0.25, 0.3) is 0 Å². The molecule has 0 aliphatic rings. The number of rotatable bonds is 8. The van der Waals surface area contributed by atoms with E-state index in [2.05, 4.69) is 4.72 Å². The fourth-order valence-corrected chi connectivity index (χ4v) is 1.91. The Morgan fingerprint density at radius 1 is 1.47 bits per heavy atom. The van der Waals surface area contributed by atoms with Crippen molar-refractivity contribution in [1.29, 1.82) is 0 Å². The summed E-state index contributed by atoms with van der Waals surface area (Å²) in [4.78, 5) is 10.4. The quantitative estimate of drug-likeness (QED) is 0.488. The maximum absolute atomic E-state index is 11.7. The van der Waals surface area contributed by atoms with Crippen LogP contribution in [0.3, 0.4) is 0 Å². The van der Waals surface area contributed by atoms with Crippen molar-refractivity contribution in [2.75, 3.05) is 13.7 Å². The highest BCUT2D eigenvalue weighted by atomic mass is 32.2. The highest BCUT2D eigenvalue weighted by molar-refractivity contribution is 7.90. The first-order valence-corrected chi connectivity index (χ1v) is 6.85. The SMILES string of the molecule is COC(CCC(N)C=O)CN[S+]([O-])C(C)(C)C. The van der Waals surface area contributed by atoms with Crippen LogP contribution in [-0.2, 0) is 20.9 Å². The molecule has 0 aromatic carbocycles. The predicted octanol–water partition coefficient (Wildman–Crippen LogP) is 0.360. The molecule has 5 nitrogen and oxygen atoms in total. The normalized spacial score (nSPS) is 17.5. The Morgan fingerprint density at radius 3 is 2.47 bits per heavy atom. The zero-order chi connectivity index (χ0) is 13.5. The Labute approximate surface area is 107 Å². The molecule has 0 heterocycles. The Morgan fingerprint density at radius 2 is 2.06 bits per heavy atom. The lowest BCUT2D eigenvalue weighted by Gasteiger charge is -2.25. The van der Waals surface area contributed by atoms with Crippen molar-refractivity contribution in [3.8, 4) is 0 Å². The summed E-state index contributed by atoms with van der Waals surface area (Å²) in [5.41, 5.74) is 5.50. The molecule has 0 aliphatic heterocycles. The van der Waals surface area contributed by atoms with Crippen molar-refractivity contribution in [3.05, 3.63) is 0 Å². The summed E-state index contributed by atoms with van der Waals surface area (Å²) in [5.74, 6) is 0. The number of nitrogens with two attached hydrogens (primary N) is 1. The van der Waals surface area contributed by atoms with Crippen molar-refractivity contribution in [2.24, 2.45) is 5.73 Å². The molecule has 3 unspecified atom stereocenters. The average Bonchev–Trinajstić information content (AvgIpc) is 2.27. The summed E-state index contributed by atoms with van der Waals surface area (Å²) in [7, 11) is 1.60. The van der Waals surface area contributed by atoms with Gasteiger partial charge in [-0.1, -0.05) is 0 Å². The van der Waals surface area contributed by atoms with E-state index in [9.17, 15) is 9.35 Å². The Balaban J connectivity index is 3.94. The fourth-order valence-electron chi connectivity index (χ4n) is 1.13. The van der Waals surface area contributed by atoms with Crippen LogP contribution >= 0.6 is 0 Å². The molecule has 102 valence electrons. The van der Waals surface area contributed by atoms with Gasteiger partial charge in [-0.05, 0) is 33.6 Å². The zero-order valence-electron chi connectivity index (χ0n) is 11.1. The minimum atomic E-state index is -1.11. The van der Waals surface area contributed by atoms with E-state index in [4.69, 9.17) is 10.5 Å². The molecule has 0 bridgehead atoms. The van der Waals surface area contributed by atoms with E-state index in [-0.39, 0.29) is 10.9 Å². The van der Waals surface area contributed by atoms with Gasteiger partial charge in [-0.15, -0.1) is 4.72 Å². The molecular formula is C11H24N2O3S. The van der Waals surface area contributed by atoms with Crippen LogP contribution in [-0.4, -0.2) is 41.4 Å². The first-order valence-electron chi connectivity index (χ1n) is 5.70. The number of aldehydes is 1. The van der Waals surface area contributed by atoms with Gasteiger partial charge in [-0.25, -0.2) is 0 Å². The van der Waals surface area contributed by atoms with Gasteiger partial charge in [0.05, 0.1) is 18.7 Å². The third-order valence-corrected chi connectivity index (χ3v) is 3.87. The van der Waals surface area contributed by atoms with Crippen LogP contribution in [0, 0.1) is 0 Å². The second-order valence-electron chi connectivity index (χ2n) is 4.96. The van der Waals surface area contributed by atoms with Gasteiger partial charge < -0.3 is 19.8 Å². The maximum atomic E-state index is 11.7. The molecule has 0 aromatic heterocycles. The fraction of sp³-hybridized carbons (Fsp3) is 0.909. The van der Waals surface area contributed by atoms with E-state index in [0.717, 1.165) is 6.29 Å². The number of nitrogens with one attached hydrogen (secondary N) is 1. The Hall–Kier alpha value is -0.140. The number of methoxy groups -OCH3 is 1. The molecule has 0 radical (unpaired) electrons. The van der Waals surface area contributed by atoms with Crippen molar-refractivity contribution in [3.63, 3.8) is 0 Å². The molecule has 0 rings (SSSR count). The first-order chi connectivity index (χ1) is 7.81. The highest BCUT2D eigenvalue weighted by Gasteiger charge is 2.27. The third-order valence-electron chi connectivity index (χ3n) is 2.33. The van der Waals surface area contributed by atoms with E-state index in [1.54, 1.807) is 7.11 Å². The second kappa shape index (κ2) is 8.05. The predicted molar refractivity (Wildman–Crippen MR) is 70.0 cm³/mol. The Kier molecular flexibility index (Phi) is 7.98. The molecule has 0 spiro atoms. The lowest BCUT2D eigenvalue weighted by atomic mass is 10.1. The number of hydrogen-bond acceptors (Lipinski definition) is 5. The molecule has 0 aliphatic carbocycles. The van der Waals surface area contributed by atoms with Crippen LogP contribution in [0.15, 0.2) is 0 Å². The van der Waals surface area contributed by atoms with Gasteiger partial charge in [-0.3, -0.25) is 0 Å². The molecule has 3 N–H and O–H groups in total. The summed E-state index contributed by atoms with van der Waals surface area (Å²) in [5, 5.41) is 0. The van der Waals surface area contributed by atoms with E-state index >= 15 is 0 Å². The highest BCUT2D eigenvalue weighted by Crippen LogP contribution is 2.13. The van der Waals surface area contributed by atoms with Crippen LogP contribution < -0.4 is 10.5 Å². The summed E-state index contributed by atoms with van der Waals surface area (Å²) >= 11 is -1.11. The summed E-state index contributed by atoms with van der Waals surface area (Å²) < 4.78 is 19.6. The second-order valence-corrected chi connectivity index (χ2v) is 7.02. The van der Waals surface area contributed by atoms with E-state index in [1.165, 1.54) is 0 Å². The van der Waals surface area contributed by atoms with Crippen LogP contribution in [0.5, 0.6) is 0 Å². The zero-order valence-corrected chi connectivity index (χ0v) is 11.9. The lowest BCUT2D eigenvalue weighted by molar-refractivity contribution is -0.109. The number of hydrogen-bond donors (Lipinski definition) is 2. The van der Waals surface area contributed by atoms with Crippen LogP contribution in [0.1, 0.15) is 33.6 Å². The van der Waals surface area contributed by atoms with Gasteiger partial charge in [0, 0.05) is 18.5 Å². The molecule has 3 atom stereocenters. The van der Waals surface area contributed by atoms with Gasteiger partial charge in [0.2, 0.25) is 0 Å². The van der Waals surface area contributed by atoms with E-state index in [0.29, 0.717) is 19.4 Å². The minimum absolute atomic E-state index is 0.0766. The third kappa shape index (κ3) is 7.72. The molecular weight excluding hydrogens is 240 g/mol. The number of ether oxygens (including phenoxy) is 1. The summed E-state index contributed by atoms with van der Waals surface area (Å²) in [6, 6.07) is -0.444. The maximum Gasteiger partial charge on any atom is 0.136 e. The van der Waals surface area contributed by atoms with Gasteiger partial charge in [0.15, 0.2) is 0 Å². The van der Waals surface area contributed by atoms with Gasteiger partial charge in [0.1, 0.15) is 11.0 Å². The van der Waals surface area contributed by atoms with Crippen LogP contribution in [0.4, 0.5) is 0 Å². The Bertz CT molecular complexity index is 221. The summed E-state index contributed by atoms with van der Waals surface area (Å²) in [6.45, 7) is 6.20. The van der Waals surface area contributed by atoms with Crippen molar-refractivity contribution >= 4 is 17.6 Å². The van der Waals surface area contributed by atoms with E-state index in [1.807, 2.05) is 20.8 Å². The molecule has 6 heteroatoms. The number of carbonyl (C=O) groups is 1. The van der Waals surface area contributed by atoms with Crippen molar-refractivity contribution < 1.29 is 14.1 Å². The topological polar surface area (TPSA) is 87.4 Å². The largest absolute Gasteiger partial charge is 0.598 e. The smallest absolute Gasteiger partial charge is 0.136 e. The molecule has 0 fully saturated rings. The van der Waals surface area contributed by atoms with Gasteiger partial charge >= 0.3 is 0 Å². The average molecular weight is 264 g/mol. The molecule has 0 saturated heterocycles. The standard InChI is InChI=1S/C11H24N2O3S/c1-11(2,3)17(15)13-7-10(16-4)6-5-9(12)8-14/h8-10,13H,5-7,12H2,1-4H3.